The zero-order valence-electron chi connectivity index (χ0n) is 10.1. The van der Waals surface area contributed by atoms with Crippen LogP contribution in [0.1, 0.15) is 37.5 Å². The normalized spacial score (nSPS) is 18.2. The van der Waals surface area contributed by atoms with Crippen molar-refractivity contribution in [2.45, 2.75) is 37.0 Å². The molecule has 0 saturated heterocycles. The zero-order valence-corrected chi connectivity index (χ0v) is 10.9. The maximum atomic E-state index is 10.1. The highest BCUT2D eigenvalue weighted by molar-refractivity contribution is 7.99. The molecule has 94 valence electrons. The number of methoxy groups -OCH3 is 1. The van der Waals surface area contributed by atoms with Gasteiger partial charge in [-0.25, -0.2) is 0 Å². The van der Waals surface area contributed by atoms with E-state index in [0.29, 0.717) is 17.2 Å². The first-order chi connectivity index (χ1) is 8.31. The molecule has 0 bridgehead atoms. The smallest absolute Gasteiger partial charge is 0.143 e. The van der Waals surface area contributed by atoms with Crippen LogP contribution in [0.25, 0.3) is 0 Å². The number of hydrogen-bond acceptors (Lipinski definition) is 4. The summed E-state index contributed by atoms with van der Waals surface area (Å²) in [5.74, 6) is 1.38. The molecule has 1 heterocycles. The fraction of sp³-hybridized carbons (Fsp3) is 0.615. The molecule has 1 aromatic rings. The van der Waals surface area contributed by atoms with Crippen LogP contribution in [0.4, 0.5) is 0 Å². The lowest BCUT2D eigenvalue weighted by Crippen LogP contribution is -2.08. The molecule has 0 amide bonds. The molecule has 1 fully saturated rings. The molecule has 1 N–H and O–H groups in total. The molecule has 1 aliphatic carbocycles. The summed E-state index contributed by atoms with van der Waals surface area (Å²) >= 11 is 1.86. The molecule has 4 heteroatoms. The first-order valence-corrected chi connectivity index (χ1v) is 7.14. The van der Waals surface area contributed by atoms with E-state index in [1.165, 1.54) is 25.7 Å². The lowest BCUT2D eigenvalue weighted by molar-refractivity contribution is 0.193. The van der Waals surface area contributed by atoms with Crippen molar-refractivity contribution in [1.29, 1.82) is 0 Å². The predicted octanol–water partition coefficient (Wildman–Crippen LogP) is 2.80. The van der Waals surface area contributed by atoms with Gasteiger partial charge in [-0.2, -0.15) is 11.8 Å². The van der Waals surface area contributed by atoms with E-state index >= 15 is 0 Å². The van der Waals surface area contributed by atoms with Gasteiger partial charge in [0.2, 0.25) is 0 Å². The van der Waals surface area contributed by atoms with Crippen LogP contribution < -0.4 is 4.74 Å². The summed E-state index contributed by atoms with van der Waals surface area (Å²) in [5.41, 5.74) is 0.653. The summed E-state index contributed by atoms with van der Waals surface area (Å²) in [6.07, 6.45) is 6.41. The van der Waals surface area contributed by atoms with Crippen molar-refractivity contribution in [2.75, 3.05) is 12.9 Å². The summed E-state index contributed by atoms with van der Waals surface area (Å²) in [4.78, 5) is 4.21. The molecule has 0 spiro atoms. The topological polar surface area (TPSA) is 42.4 Å². The molecule has 2 rings (SSSR count). The lowest BCUT2D eigenvalue weighted by atomic mass is 10.2. The van der Waals surface area contributed by atoms with Crippen molar-refractivity contribution in [3.05, 3.63) is 24.0 Å². The monoisotopic (exact) mass is 253 g/mol. The number of aliphatic hydroxyl groups excluding tert-OH is 1. The van der Waals surface area contributed by atoms with Gasteiger partial charge in [-0.15, -0.1) is 0 Å². The van der Waals surface area contributed by atoms with Crippen LogP contribution >= 0.6 is 11.8 Å². The summed E-state index contributed by atoms with van der Waals surface area (Å²) < 4.78 is 5.21. The van der Waals surface area contributed by atoms with Crippen molar-refractivity contribution in [3.63, 3.8) is 0 Å². The second-order valence-electron chi connectivity index (χ2n) is 4.35. The number of thioether (sulfide) groups is 1. The SMILES string of the molecule is COc1cccnc1C(O)CSC1CCCC1. The highest BCUT2D eigenvalue weighted by Crippen LogP contribution is 2.33. The molecule has 1 aliphatic rings. The fourth-order valence-electron chi connectivity index (χ4n) is 2.19. The molecule has 1 aromatic heterocycles. The van der Waals surface area contributed by atoms with Crippen LogP contribution in [0.2, 0.25) is 0 Å². The van der Waals surface area contributed by atoms with Crippen LogP contribution in [-0.2, 0) is 0 Å². The van der Waals surface area contributed by atoms with Gasteiger partial charge in [-0.3, -0.25) is 4.98 Å². The van der Waals surface area contributed by atoms with Gasteiger partial charge in [0.1, 0.15) is 17.5 Å². The Hall–Kier alpha value is -0.740. The maximum Gasteiger partial charge on any atom is 0.143 e. The van der Waals surface area contributed by atoms with E-state index in [4.69, 9.17) is 4.74 Å². The van der Waals surface area contributed by atoms with Crippen molar-refractivity contribution in [2.24, 2.45) is 0 Å². The Morgan fingerprint density at radius 3 is 3.00 bits per heavy atom. The van der Waals surface area contributed by atoms with E-state index in [-0.39, 0.29) is 0 Å². The standard InChI is InChI=1S/C13H19NO2S/c1-16-12-7-4-8-14-13(12)11(15)9-17-10-5-2-3-6-10/h4,7-8,10-11,15H,2-3,5-6,9H2,1H3. The van der Waals surface area contributed by atoms with Gasteiger partial charge in [0.15, 0.2) is 0 Å². The van der Waals surface area contributed by atoms with Crippen molar-refractivity contribution >= 4 is 11.8 Å². The van der Waals surface area contributed by atoms with E-state index in [9.17, 15) is 5.11 Å². The second-order valence-corrected chi connectivity index (χ2v) is 5.68. The number of nitrogens with zero attached hydrogens (tertiary/aromatic N) is 1. The van der Waals surface area contributed by atoms with E-state index in [1.807, 2.05) is 23.9 Å². The predicted molar refractivity (Wildman–Crippen MR) is 70.5 cm³/mol. The van der Waals surface area contributed by atoms with Gasteiger partial charge in [0.05, 0.1) is 7.11 Å². The number of rotatable bonds is 5. The number of aromatic nitrogens is 1. The van der Waals surface area contributed by atoms with E-state index in [2.05, 4.69) is 4.98 Å². The zero-order chi connectivity index (χ0) is 12.1. The molecular formula is C13H19NO2S. The van der Waals surface area contributed by atoms with Crippen LogP contribution in [0, 0.1) is 0 Å². The Morgan fingerprint density at radius 1 is 1.53 bits per heavy atom. The number of aliphatic hydroxyl groups is 1. The second kappa shape index (κ2) is 6.26. The lowest BCUT2D eigenvalue weighted by Gasteiger charge is -2.15. The Kier molecular flexibility index (Phi) is 4.68. The molecule has 3 nitrogen and oxygen atoms in total. The third kappa shape index (κ3) is 3.36. The van der Waals surface area contributed by atoms with Gasteiger partial charge in [-0.1, -0.05) is 12.8 Å². The minimum Gasteiger partial charge on any atom is -0.495 e. The van der Waals surface area contributed by atoms with Crippen molar-refractivity contribution < 1.29 is 9.84 Å². The Morgan fingerprint density at radius 2 is 2.29 bits per heavy atom. The Bertz CT molecular complexity index is 353. The minimum atomic E-state index is -0.531. The highest BCUT2D eigenvalue weighted by atomic mass is 32.2. The molecule has 0 aliphatic heterocycles. The van der Waals surface area contributed by atoms with E-state index < -0.39 is 6.10 Å². The molecule has 1 atom stereocenters. The number of hydrogen-bond donors (Lipinski definition) is 1. The Balaban J connectivity index is 1.91. The van der Waals surface area contributed by atoms with Crippen LogP contribution in [0.3, 0.4) is 0 Å². The van der Waals surface area contributed by atoms with Gasteiger partial charge in [0, 0.05) is 17.2 Å². The largest absolute Gasteiger partial charge is 0.495 e. The third-order valence-corrected chi connectivity index (χ3v) is 4.58. The summed E-state index contributed by atoms with van der Waals surface area (Å²) in [6.45, 7) is 0. The number of pyridine rings is 1. The van der Waals surface area contributed by atoms with Crippen molar-refractivity contribution in [1.82, 2.24) is 4.98 Å². The first-order valence-electron chi connectivity index (χ1n) is 6.10. The average Bonchev–Trinajstić information content (AvgIpc) is 2.89. The van der Waals surface area contributed by atoms with Crippen molar-refractivity contribution in [3.8, 4) is 5.75 Å². The van der Waals surface area contributed by atoms with Gasteiger partial charge < -0.3 is 9.84 Å². The summed E-state index contributed by atoms with van der Waals surface area (Å²) in [6, 6.07) is 3.66. The Labute approximate surface area is 107 Å². The van der Waals surface area contributed by atoms with Crippen LogP contribution in [0.5, 0.6) is 5.75 Å². The molecule has 17 heavy (non-hydrogen) atoms. The quantitative estimate of drug-likeness (QED) is 0.876. The molecule has 0 radical (unpaired) electrons. The van der Waals surface area contributed by atoms with E-state index in [0.717, 1.165) is 5.25 Å². The van der Waals surface area contributed by atoms with E-state index in [1.54, 1.807) is 13.3 Å². The first kappa shape index (κ1) is 12.7. The molecular weight excluding hydrogens is 234 g/mol. The minimum absolute atomic E-state index is 0.531. The third-order valence-electron chi connectivity index (χ3n) is 3.13. The van der Waals surface area contributed by atoms with Crippen LogP contribution in [0.15, 0.2) is 18.3 Å². The summed E-state index contributed by atoms with van der Waals surface area (Å²) in [5, 5.41) is 10.9. The van der Waals surface area contributed by atoms with Gasteiger partial charge in [0.25, 0.3) is 0 Å². The highest BCUT2D eigenvalue weighted by Gasteiger charge is 2.19. The van der Waals surface area contributed by atoms with Gasteiger partial charge in [-0.05, 0) is 25.0 Å². The fourth-order valence-corrected chi connectivity index (χ4v) is 3.47. The molecule has 1 unspecified atom stereocenters. The van der Waals surface area contributed by atoms with Crippen LogP contribution in [-0.4, -0.2) is 28.2 Å². The molecule has 0 aromatic carbocycles. The summed E-state index contributed by atoms with van der Waals surface area (Å²) in [7, 11) is 1.61. The maximum absolute atomic E-state index is 10.1. The van der Waals surface area contributed by atoms with Gasteiger partial charge >= 0.3 is 0 Å². The average molecular weight is 253 g/mol. The molecule has 1 saturated carbocycles. The number of ether oxygens (including phenoxy) is 1.